The van der Waals surface area contributed by atoms with Crippen molar-refractivity contribution in [1.29, 1.82) is 0 Å². The van der Waals surface area contributed by atoms with Crippen LogP contribution in [-0.2, 0) is 6.54 Å². The molecule has 0 radical (unpaired) electrons. The fourth-order valence-electron chi connectivity index (χ4n) is 1.40. The van der Waals surface area contributed by atoms with Gasteiger partial charge in [0.05, 0.1) is 0 Å². The minimum Gasteiger partial charge on any atom is -0.406 e. The summed E-state index contributed by atoms with van der Waals surface area (Å²) in [5.41, 5.74) is 1.16. The molecule has 2 aromatic heterocycles. The predicted octanol–water partition coefficient (Wildman–Crippen LogP) is 0.551. The number of nitrogens with zero attached hydrogens (tertiary/aromatic N) is 3. The molecule has 0 aliphatic carbocycles. The monoisotopic (exact) mass is 207 g/mol. The van der Waals surface area contributed by atoms with Gasteiger partial charge in [0.2, 0.25) is 0 Å². The zero-order chi connectivity index (χ0) is 10.8. The van der Waals surface area contributed by atoms with Gasteiger partial charge in [-0.2, -0.15) is 0 Å². The van der Waals surface area contributed by atoms with E-state index in [2.05, 4.69) is 4.98 Å². The van der Waals surface area contributed by atoms with Gasteiger partial charge in [0, 0.05) is 19.3 Å². The van der Waals surface area contributed by atoms with Gasteiger partial charge in [0.1, 0.15) is 0 Å². The summed E-state index contributed by atoms with van der Waals surface area (Å²) in [6.07, 6.45) is 1.66. The fourth-order valence-corrected chi connectivity index (χ4v) is 1.40. The largest absolute Gasteiger partial charge is 0.421 e. The third-order valence-corrected chi connectivity index (χ3v) is 2.20. The fraction of sp³-hybridized carbons (Fsp3) is 0.400. The molecule has 2 rings (SSSR count). The van der Waals surface area contributed by atoms with Crippen molar-refractivity contribution in [3.8, 4) is 0 Å². The average molecular weight is 207 g/mol. The zero-order valence-electron chi connectivity index (χ0n) is 8.80. The smallest absolute Gasteiger partial charge is 0.406 e. The molecule has 0 N–H and O–H groups in total. The Labute approximate surface area is 86.9 Å². The molecular weight excluding hydrogens is 194 g/mol. The van der Waals surface area contributed by atoms with Crippen molar-refractivity contribution in [3.05, 3.63) is 28.9 Å². The summed E-state index contributed by atoms with van der Waals surface area (Å²) in [4.78, 5) is 17.6. The molecule has 0 aliphatic heterocycles. The van der Waals surface area contributed by atoms with Crippen LogP contribution in [0, 0.1) is 0 Å². The average Bonchev–Trinajstić information content (AvgIpc) is 2.50. The van der Waals surface area contributed by atoms with Crippen molar-refractivity contribution in [2.75, 3.05) is 20.6 Å². The maximum atomic E-state index is 11.5. The van der Waals surface area contributed by atoms with Crippen LogP contribution in [0.2, 0.25) is 0 Å². The minimum absolute atomic E-state index is 0.342. The van der Waals surface area contributed by atoms with Gasteiger partial charge in [-0.15, -0.1) is 0 Å². The van der Waals surface area contributed by atoms with E-state index in [4.69, 9.17) is 4.42 Å². The third kappa shape index (κ3) is 1.92. The van der Waals surface area contributed by atoms with Crippen LogP contribution in [0.3, 0.4) is 0 Å². The highest BCUT2D eigenvalue weighted by molar-refractivity contribution is 5.67. The van der Waals surface area contributed by atoms with Gasteiger partial charge in [-0.25, -0.2) is 9.78 Å². The van der Waals surface area contributed by atoms with Crippen molar-refractivity contribution in [3.63, 3.8) is 0 Å². The minimum atomic E-state index is -0.342. The van der Waals surface area contributed by atoms with Crippen molar-refractivity contribution in [2.24, 2.45) is 0 Å². The van der Waals surface area contributed by atoms with E-state index in [0.29, 0.717) is 17.8 Å². The lowest BCUT2D eigenvalue weighted by atomic mass is 10.4. The molecule has 15 heavy (non-hydrogen) atoms. The predicted molar refractivity (Wildman–Crippen MR) is 56.8 cm³/mol. The quantitative estimate of drug-likeness (QED) is 0.737. The number of aromatic nitrogens is 2. The van der Waals surface area contributed by atoms with E-state index in [0.717, 1.165) is 6.54 Å². The van der Waals surface area contributed by atoms with E-state index >= 15 is 0 Å². The van der Waals surface area contributed by atoms with E-state index in [1.54, 1.807) is 22.9 Å². The van der Waals surface area contributed by atoms with Crippen LogP contribution < -0.4 is 5.76 Å². The Hall–Kier alpha value is -1.62. The number of hydrogen-bond acceptors (Lipinski definition) is 4. The Balaban J connectivity index is 2.41. The van der Waals surface area contributed by atoms with Crippen LogP contribution in [0.1, 0.15) is 0 Å². The standard InChI is InChI=1S/C10H13N3O2/c1-12(2)6-7-13-9-8(15-10(13)14)4-3-5-11-9/h3-5H,6-7H2,1-2H3. The summed E-state index contributed by atoms with van der Waals surface area (Å²) in [6, 6.07) is 3.50. The topological polar surface area (TPSA) is 51.3 Å². The Morgan fingerprint density at radius 2 is 2.33 bits per heavy atom. The van der Waals surface area contributed by atoms with Crippen molar-refractivity contribution in [2.45, 2.75) is 6.54 Å². The van der Waals surface area contributed by atoms with Gasteiger partial charge >= 0.3 is 5.76 Å². The van der Waals surface area contributed by atoms with E-state index in [1.807, 2.05) is 19.0 Å². The summed E-state index contributed by atoms with van der Waals surface area (Å²) in [5, 5.41) is 0. The lowest BCUT2D eigenvalue weighted by Crippen LogP contribution is -2.23. The molecule has 0 spiro atoms. The molecule has 0 aliphatic rings. The van der Waals surface area contributed by atoms with Crippen LogP contribution >= 0.6 is 0 Å². The maximum absolute atomic E-state index is 11.5. The third-order valence-electron chi connectivity index (χ3n) is 2.20. The second kappa shape index (κ2) is 3.86. The van der Waals surface area contributed by atoms with Crippen molar-refractivity contribution >= 4 is 11.2 Å². The highest BCUT2D eigenvalue weighted by Gasteiger charge is 2.08. The van der Waals surface area contributed by atoms with Crippen molar-refractivity contribution < 1.29 is 4.42 Å². The summed E-state index contributed by atoms with van der Waals surface area (Å²) >= 11 is 0. The van der Waals surface area contributed by atoms with Crippen LogP contribution in [0.25, 0.3) is 11.2 Å². The first kappa shape index (κ1) is 9.92. The Kier molecular flexibility index (Phi) is 2.55. The maximum Gasteiger partial charge on any atom is 0.421 e. The molecule has 0 unspecified atom stereocenters. The molecule has 0 fully saturated rings. The zero-order valence-corrected chi connectivity index (χ0v) is 8.80. The molecule has 0 saturated heterocycles. The number of hydrogen-bond donors (Lipinski definition) is 0. The second-order valence-corrected chi connectivity index (χ2v) is 3.65. The Bertz CT molecular complexity index is 513. The molecule has 80 valence electrons. The normalized spacial score (nSPS) is 11.4. The number of oxazole rings is 1. The van der Waals surface area contributed by atoms with Gasteiger partial charge in [0.15, 0.2) is 11.2 Å². The van der Waals surface area contributed by atoms with Gasteiger partial charge < -0.3 is 9.32 Å². The van der Waals surface area contributed by atoms with E-state index in [9.17, 15) is 4.79 Å². The highest BCUT2D eigenvalue weighted by atomic mass is 16.4. The van der Waals surface area contributed by atoms with Gasteiger partial charge in [-0.05, 0) is 26.2 Å². The van der Waals surface area contributed by atoms with E-state index < -0.39 is 0 Å². The first-order valence-corrected chi connectivity index (χ1v) is 4.77. The van der Waals surface area contributed by atoms with Crippen molar-refractivity contribution in [1.82, 2.24) is 14.5 Å². The van der Waals surface area contributed by atoms with Gasteiger partial charge in [-0.1, -0.05) is 0 Å². The number of fused-ring (bicyclic) bond motifs is 1. The van der Waals surface area contributed by atoms with Gasteiger partial charge in [0.25, 0.3) is 0 Å². The number of pyridine rings is 1. The summed E-state index contributed by atoms with van der Waals surface area (Å²) in [7, 11) is 3.92. The molecule has 5 heteroatoms. The van der Waals surface area contributed by atoms with E-state index in [-0.39, 0.29) is 5.76 Å². The van der Waals surface area contributed by atoms with Crippen LogP contribution in [-0.4, -0.2) is 35.1 Å². The lowest BCUT2D eigenvalue weighted by molar-refractivity contribution is 0.374. The van der Waals surface area contributed by atoms with E-state index in [1.165, 1.54) is 0 Å². The molecule has 0 aromatic carbocycles. The number of rotatable bonds is 3. The van der Waals surface area contributed by atoms with Gasteiger partial charge in [-0.3, -0.25) is 4.57 Å². The first-order chi connectivity index (χ1) is 7.18. The summed E-state index contributed by atoms with van der Waals surface area (Å²) in [5.74, 6) is -0.342. The molecule has 0 atom stereocenters. The summed E-state index contributed by atoms with van der Waals surface area (Å²) < 4.78 is 6.61. The molecule has 0 amide bonds. The molecule has 2 aromatic rings. The Morgan fingerprint density at radius 3 is 3.07 bits per heavy atom. The number of likely N-dealkylation sites (N-methyl/N-ethyl adjacent to an activating group) is 1. The Morgan fingerprint density at radius 1 is 1.53 bits per heavy atom. The van der Waals surface area contributed by atoms with Crippen LogP contribution in [0.15, 0.2) is 27.5 Å². The molecule has 0 bridgehead atoms. The molecular formula is C10H13N3O2. The molecule has 0 saturated carbocycles. The lowest BCUT2D eigenvalue weighted by Gasteiger charge is -2.08. The SMILES string of the molecule is CN(C)CCn1c(=O)oc2cccnc21. The highest BCUT2D eigenvalue weighted by Crippen LogP contribution is 2.07. The van der Waals surface area contributed by atoms with Crippen LogP contribution in [0.4, 0.5) is 0 Å². The second-order valence-electron chi connectivity index (χ2n) is 3.65. The summed E-state index contributed by atoms with van der Waals surface area (Å²) in [6.45, 7) is 1.38. The first-order valence-electron chi connectivity index (χ1n) is 4.77. The molecule has 5 nitrogen and oxygen atoms in total. The van der Waals surface area contributed by atoms with Crippen LogP contribution in [0.5, 0.6) is 0 Å². The molecule has 2 heterocycles.